The average molecular weight is 282 g/mol. The van der Waals surface area contributed by atoms with Crippen LogP contribution >= 0.6 is 11.6 Å². The molecule has 0 radical (unpaired) electrons. The molecule has 1 aromatic rings. The monoisotopic (exact) mass is 281 g/mol. The van der Waals surface area contributed by atoms with Crippen LogP contribution in [0.3, 0.4) is 0 Å². The highest BCUT2D eigenvalue weighted by molar-refractivity contribution is 6.32. The minimum atomic E-state index is 0.561. The number of piperidine rings is 1. The van der Waals surface area contributed by atoms with Crippen LogP contribution in [0.1, 0.15) is 30.4 Å². The van der Waals surface area contributed by atoms with E-state index in [0.29, 0.717) is 30.0 Å². The van der Waals surface area contributed by atoms with E-state index >= 15 is 0 Å². The Bertz CT molecular complexity index is 470. The third kappa shape index (κ3) is 2.67. The van der Waals surface area contributed by atoms with Gasteiger partial charge >= 0.3 is 0 Å². The minimum Gasteiger partial charge on any atom is -0.486 e. The van der Waals surface area contributed by atoms with E-state index in [9.17, 15) is 0 Å². The topological polar surface area (TPSA) is 30.5 Å². The van der Waals surface area contributed by atoms with E-state index in [1.54, 1.807) is 0 Å². The molecule has 3 nitrogen and oxygen atoms in total. The minimum absolute atomic E-state index is 0.561. The van der Waals surface area contributed by atoms with E-state index in [4.69, 9.17) is 21.1 Å². The SMILES string of the molecule is Cc1c(CC2CCCCN2)cc(Cl)c2c1OCCO2. The van der Waals surface area contributed by atoms with Gasteiger partial charge in [-0.3, -0.25) is 0 Å². The Morgan fingerprint density at radius 1 is 1.26 bits per heavy atom. The molecule has 3 rings (SSSR count). The van der Waals surface area contributed by atoms with Crippen LogP contribution in [-0.2, 0) is 6.42 Å². The third-order valence-electron chi connectivity index (χ3n) is 4.00. The summed E-state index contributed by atoms with van der Waals surface area (Å²) < 4.78 is 11.3. The fourth-order valence-corrected chi connectivity index (χ4v) is 3.19. The quantitative estimate of drug-likeness (QED) is 0.904. The molecule has 0 aliphatic carbocycles. The predicted octanol–water partition coefficient (Wildman–Crippen LogP) is 3.10. The van der Waals surface area contributed by atoms with Crippen molar-refractivity contribution in [2.75, 3.05) is 19.8 Å². The van der Waals surface area contributed by atoms with Crippen molar-refractivity contribution in [1.82, 2.24) is 5.32 Å². The Labute approximate surface area is 119 Å². The van der Waals surface area contributed by atoms with Gasteiger partial charge in [0.15, 0.2) is 11.5 Å². The number of hydrogen-bond donors (Lipinski definition) is 1. The number of benzene rings is 1. The Kier molecular flexibility index (Phi) is 3.85. The van der Waals surface area contributed by atoms with Crippen molar-refractivity contribution in [3.05, 3.63) is 22.2 Å². The Balaban J connectivity index is 1.86. The number of ether oxygens (including phenoxy) is 2. The summed E-state index contributed by atoms with van der Waals surface area (Å²) in [5, 5.41) is 4.25. The molecule has 1 saturated heterocycles. The largest absolute Gasteiger partial charge is 0.486 e. The first kappa shape index (κ1) is 13.1. The van der Waals surface area contributed by atoms with Crippen LogP contribution in [0.2, 0.25) is 5.02 Å². The van der Waals surface area contributed by atoms with Gasteiger partial charge in [0.05, 0.1) is 5.02 Å². The Morgan fingerprint density at radius 2 is 2.05 bits per heavy atom. The first-order chi connectivity index (χ1) is 9.25. The van der Waals surface area contributed by atoms with Gasteiger partial charge in [0, 0.05) is 6.04 Å². The molecule has 1 N–H and O–H groups in total. The van der Waals surface area contributed by atoms with E-state index < -0.39 is 0 Å². The van der Waals surface area contributed by atoms with Crippen molar-refractivity contribution in [2.24, 2.45) is 0 Å². The van der Waals surface area contributed by atoms with Crippen LogP contribution in [0, 0.1) is 6.92 Å². The van der Waals surface area contributed by atoms with Crippen molar-refractivity contribution < 1.29 is 9.47 Å². The first-order valence-electron chi connectivity index (χ1n) is 7.06. The van der Waals surface area contributed by atoms with E-state index in [-0.39, 0.29) is 0 Å². The third-order valence-corrected chi connectivity index (χ3v) is 4.28. The number of hydrogen-bond acceptors (Lipinski definition) is 3. The van der Waals surface area contributed by atoms with Crippen molar-refractivity contribution in [3.8, 4) is 11.5 Å². The molecule has 1 unspecified atom stereocenters. The predicted molar refractivity (Wildman–Crippen MR) is 76.5 cm³/mol. The van der Waals surface area contributed by atoms with Gasteiger partial charge in [-0.05, 0) is 49.9 Å². The van der Waals surface area contributed by atoms with Crippen LogP contribution in [-0.4, -0.2) is 25.8 Å². The lowest BCUT2D eigenvalue weighted by Crippen LogP contribution is -2.35. The second-order valence-electron chi connectivity index (χ2n) is 5.35. The molecule has 0 bridgehead atoms. The molecule has 2 aliphatic heterocycles. The number of nitrogens with one attached hydrogen (secondary N) is 1. The summed E-state index contributed by atoms with van der Waals surface area (Å²) in [6, 6.07) is 2.60. The molecule has 1 fully saturated rings. The van der Waals surface area contributed by atoms with Crippen molar-refractivity contribution in [2.45, 2.75) is 38.6 Å². The van der Waals surface area contributed by atoms with Crippen LogP contribution < -0.4 is 14.8 Å². The molecule has 4 heteroatoms. The van der Waals surface area contributed by atoms with Crippen molar-refractivity contribution in [1.29, 1.82) is 0 Å². The van der Waals surface area contributed by atoms with E-state index in [0.717, 1.165) is 18.7 Å². The molecule has 104 valence electrons. The summed E-state index contributed by atoms with van der Waals surface area (Å²) in [6.07, 6.45) is 4.86. The molecule has 0 amide bonds. The van der Waals surface area contributed by atoms with Gasteiger partial charge < -0.3 is 14.8 Å². The second-order valence-corrected chi connectivity index (χ2v) is 5.76. The van der Waals surface area contributed by atoms with Crippen LogP contribution in [0.4, 0.5) is 0 Å². The van der Waals surface area contributed by atoms with Crippen LogP contribution in [0.15, 0.2) is 6.07 Å². The lowest BCUT2D eigenvalue weighted by molar-refractivity contribution is 0.170. The van der Waals surface area contributed by atoms with E-state index in [1.807, 2.05) is 6.07 Å². The van der Waals surface area contributed by atoms with Gasteiger partial charge in [0.2, 0.25) is 0 Å². The average Bonchev–Trinajstić information content (AvgIpc) is 2.46. The fourth-order valence-electron chi connectivity index (χ4n) is 2.92. The Hall–Kier alpha value is -0.930. The first-order valence-corrected chi connectivity index (χ1v) is 7.44. The zero-order valence-electron chi connectivity index (χ0n) is 11.3. The summed E-state index contributed by atoms with van der Waals surface area (Å²) in [5.74, 6) is 1.55. The van der Waals surface area contributed by atoms with Gasteiger partial charge in [0.25, 0.3) is 0 Å². The molecule has 0 aromatic heterocycles. The van der Waals surface area contributed by atoms with Gasteiger partial charge in [-0.15, -0.1) is 0 Å². The smallest absolute Gasteiger partial charge is 0.180 e. The number of halogens is 1. The zero-order chi connectivity index (χ0) is 13.2. The molecular weight excluding hydrogens is 262 g/mol. The summed E-state index contributed by atoms with van der Waals surface area (Å²) in [6.45, 7) is 4.41. The van der Waals surface area contributed by atoms with Crippen molar-refractivity contribution >= 4 is 11.6 Å². The summed E-state index contributed by atoms with van der Waals surface area (Å²) >= 11 is 6.31. The number of fused-ring (bicyclic) bond motifs is 1. The highest BCUT2D eigenvalue weighted by Gasteiger charge is 2.22. The maximum atomic E-state index is 6.31. The maximum absolute atomic E-state index is 6.31. The normalized spacial score (nSPS) is 22.3. The van der Waals surface area contributed by atoms with Gasteiger partial charge in [0.1, 0.15) is 13.2 Å². The lowest BCUT2D eigenvalue weighted by Gasteiger charge is -2.27. The fraction of sp³-hybridized carbons (Fsp3) is 0.600. The second kappa shape index (κ2) is 5.59. The summed E-state index contributed by atoms with van der Waals surface area (Å²) in [7, 11) is 0. The molecule has 1 aromatic carbocycles. The zero-order valence-corrected chi connectivity index (χ0v) is 12.1. The Morgan fingerprint density at radius 3 is 2.79 bits per heavy atom. The van der Waals surface area contributed by atoms with Gasteiger partial charge in [-0.1, -0.05) is 18.0 Å². The molecule has 2 aliphatic rings. The van der Waals surface area contributed by atoms with Gasteiger partial charge in [-0.25, -0.2) is 0 Å². The lowest BCUT2D eigenvalue weighted by atomic mass is 9.94. The van der Waals surface area contributed by atoms with Crippen LogP contribution in [0.5, 0.6) is 11.5 Å². The molecule has 19 heavy (non-hydrogen) atoms. The van der Waals surface area contributed by atoms with Crippen molar-refractivity contribution in [3.63, 3.8) is 0 Å². The molecule has 2 heterocycles. The van der Waals surface area contributed by atoms with Gasteiger partial charge in [-0.2, -0.15) is 0 Å². The van der Waals surface area contributed by atoms with E-state index in [2.05, 4.69) is 12.2 Å². The molecule has 1 atom stereocenters. The number of rotatable bonds is 2. The highest BCUT2D eigenvalue weighted by Crippen LogP contribution is 2.42. The molecule has 0 saturated carbocycles. The summed E-state index contributed by atoms with van der Waals surface area (Å²) in [4.78, 5) is 0. The maximum Gasteiger partial charge on any atom is 0.180 e. The summed E-state index contributed by atoms with van der Waals surface area (Å²) in [5.41, 5.74) is 2.44. The van der Waals surface area contributed by atoms with E-state index in [1.165, 1.54) is 30.4 Å². The van der Waals surface area contributed by atoms with Crippen LogP contribution in [0.25, 0.3) is 0 Å². The molecular formula is C15H20ClNO2. The molecule has 0 spiro atoms. The standard InChI is InChI=1S/C15H20ClNO2/c1-10-11(8-12-4-2-3-5-17-12)9-13(16)15-14(10)18-6-7-19-15/h9,12,17H,2-8H2,1H3. The highest BCUT2D eigenvalue weighted by atomic mass is 35.5.